The molecule has 0 aromatic carbocycles. The summed E-state index contributed by atoms with van der Waals surface area (Å²) >= 11 is 7.29. The maximum atomic E-state index is 11.4. The van der Waals surface area contributed by atoms with Gasteiger partial charge in [-0.3, -0.25) is 4.79 Å². The molecule has 16 heavy (non-hydrogen) atoms. The molecule has 0 aliphatic heterocycles. The monoisotopic (exact) mass is 300 g/mol. The van der Waals surface area contributed by atoms with Crippen LogP contribution in [0.15, 0.2) is 23.1 Å². The molecule has 2 aromatic rings. The first kappa shape index (κ1) is 11.4. The number of halogens is 1. The quantitative estimate of drug-likeness (QED) is 0.849. The van der Waals surface area contributed by atoms with E-state index in [4.69, 9.17) is 0 Å². The summed E-state index contributed by atoms with van der Waals surface area (Å²) in [6.07, 6.45) is 5.38. The third-order valence-electron chi connectivity index (χ3n) is 1.94. The molecule has 2 heterocycles. The van der Waals surface area contributed by atoms with Gasteiger partial charge in [-0.1, -0.05) is 0 Å². The standard InChI is InChI=1S/C9H9BrN4OS/c10-6-3-11-9-7(4-12-14(9)5-6)13-8(15)1-2-16/h3-5,16H,1-2H2,(H,13,15). The molecule has 0 unspecified atom stereocenters. The van der Waals surface area contributed by atoms with Gasteiger partial charge >= 0.3 is 0 Å². The van der Waals surface area contributed by atoms with E-state index in [0.717, 1.165) is 4.47 Å². The minimum atomic E-state index is -0.0883. The summed E-state index contributed by atoms with van der Waals surface area (Å²) in [5.74, 6) is 0.430. The van der Waals surface area contributed by atoms with Gasteiger partial charge in [0.1, 0.15) is 5.69 Å². The Morgan fingerprint density at radius 1 is 1.56 bits per heavy atom. The van der Waals surface area contributed by atoms with Crippen molar-refractivity contribution in [1.29, 1.82) is 0 Å². The van der Waals surface area contributed by atoms with Crippen LogP contribution in [0.4, 0.5) is 5.69 Å². The fraction of sp³-hybridized carbons (Fsp3) is 0.222. The van der Waals surface area contributed by atoms with E-state index in [1.54, 1.807) is 23.1 Å². The zero-order valence-corrected chi connectivity index (χ0v) is 10.7. The van der Waals surface area contributed by atoms with Gasteiger partial charge in [0.2, 0.25) is 5.91 Å². The number of amides is 1. The molecule has 0 atom stereocenters. The third-order valence-corrected chi connectivity index (χ3v) is 2.57. The maximum Gasteiger partial charge on any atom is 0.225 e. The molecule has 2 rings (SSSR count). The van der Waals surface area contributed by atoms with Gasteiger partial charge in [-0.2, -0.15) is 17.7 Å². The number of carbonyl (C=O) groups is 1. The van der Waals surface area contributed by atoms with Crippen LogP contribution in [0.2, 0.25) is 0 Å². The predicted molar refractivity (Wildman–Crippen MR) is 67.8 cm³/mol. The molecule has 0 radical (unpaired) electrons. The first-order chi connectivity index (χ1) is 7.70. The maximum absolute atomic E-state index is 11.4. The van der Waals surface area contributed by atoms with Crippen molar-refractivity contribution in [2.45, 2.75) is 6.42 Å². The van der Waals surface area contributed by atoms with Crippen LogP contribution < -0.4 is 5.32 Å². The van der Waals surface area contributed by atoms with Crippen LogP contribution in [0.5, 0.6) is 0 Å². The second kappa shape index (κ2) is 4.84. The molecule has 2 aromatic heterocycles. The fourth-order valence-corrected chi connectivity index (χ4v) is 1.75. The highest BCUT2D eigenvalue weighted by atomic mass is 79.9. The highest BCUT2D eigenvalue weighted by Crippen LogP contribution is 2.16. The summed E-state index contributed by atoms with van der Waals surface area (Å²) in [4.78, 5) is 15.6. The number of rotatable bonds is 3. The minimum Gasteiger partial charge on any atom is -0.322 e. The summed E-state index contributed by atoms with van der Waals surface area (Å²) in [6.45, 7) is 0. The van der Waals surface area contributed by atoms with E-state index in [-0.39, 0.29) is 5.91 Å². The number of aromatic nitrogens is 3. The van der Waals surface area contributed by atoms with Gasteiger partial charge in [-0.05, 0) is 21.7 Å². The zero-order chi connectivity index (χ0) is 11.5. The lowest BCUT2D eigenvalue weighted by Crippen LogP contribution is -2.11. The van der Waals surface area contributed by atoms with E-state index in [0.29, 0.717) is 23.5 Å². The second-order valence-electron chi connectivity index (χ2n) is 3.12. The molecule has 0 aliphatic rings. The molecule has 1 amide bonds. The lowest BCUT2D eigenvalue weighted by Gasteiger charge is -2.00. The molecule has 0 spiro atoms. The lowest BCUT2D eigenvalue weighted by molar-refractivity contribution is -0.115. The molecule has 0 fully saturated rings. The van der Waals surface area contributed by atoms with Crippen LogP contribution in [-0.4, -0.2) is 26.3 Å². The van der Waals surface area contributed by atoms with E-state index in [2.05, 4.69) is 44.0 Å². The molecule has 0 aliphatic carbocycles. The number of thiol groups is 1. The van der Waals surface area contributed by atoms with Crippen LogP contribution in [-0.2, 0) is 4.79 Å². The SMILES string of the molecule is O=C(CCS)Nc1cnn2cc(Br)cnc12. The van der Waals surface area contributed by atoms with Crippen molar-refractivity contribution < 1.29 is 4.79 Å². The Morgan fingerprint density at radius 2 is 2.38 bits per heavy atom. The number of anilines is 1. The Bertz CT molecular complexity index is 527. The Hall–Kier alpha value is -1.08. The lowest BCUT2D eigenvalue weighted by atomic mass is 10.4. The van der Waals surface area contributed by atoms with Gasteiger partial charge in [0, 0.05) is 18.8 Å². The molecule has 0 saturated heterocycles. The van der Waals surface area contributed by atoms with Crippen molar-refractivity contribution >= 4 is 45.8 Å². The molecule has 0 bridgehead atoms. The van der Waals surface area contributed by atoms with Crippen LogP contribution in [0.1, 0.15) is 6.42 Å². The van der Waals surface area contributed by atoms with E-state index in [9.17, 15) is 4.79 Å². The molecular weight excluding hydrogens is 292 g/mol. The summed E-state index contributed by atoms with van der Waals surface area (Å²) in [5, 5.41) is 6.82. The van der Waals surface area contributed by atoms with Gasteiger partial charge in [0.05, 0.1) is 10.7 Å². The predicted octanol–water partition coefficient (Wildman–Crippen LogP) is 1.75. The van der Waals surface area contributed by atoms with E-state index >= 15 is 0 Å². The van der Waals surface area contributed by atoms with Crippen molar-refractivity contribution in [3.63, 3.8) is 0 Å². The van der Waals surface area contributed by atoms with Crippen molar-refractivity contribution in [2.75, 3.05) is 11.1 Å². The first-order valence-electron chi connectivity index (χ1n) is 4.60. The molecule has 5 nitrogen and oxygen atoms in total. The smallest absolute Gasteiger partial charge is 0.225 e. The van der Waals surface area contributed by atoms with E-state index in [1.165, 1.54) is 0 Å². The highest BCUT2D eigenvalue weighted by Gasteiger charge is 2.08. The Labute approximate surface area is 106 Å². The summed E-state index contributed by atoms with van der Waals surface area (Å²) in [7, 11) is 0. The van der Waals surface area contributed by atoms with Crippen molar-refractivity contribution in [2.24, 2.45) is 0 Å². The van der Waals surface area contributed by atoms with Crippen LogP contribution in [0, 0.1) is 0 Å². The molecule has 84 valence electrons. The van der Waals surface area contributed by atoms with Gasteiger partial charge in [-0.15, -0.1) is 0 Å². The largest absolute Gasteiger partial charge is 0.322 e. The zero-order valence-electron chi connectivity index (χ0n) is 8.22. The normalized spacial score (nSPS) is 10.6. The number of hydrogen-bond acceptors (Lipinski definition) is 4. The van der Waals surface area contributed by atoms with Crippen molar-refractivity contribution in [1.82, 2.24) is 14.6 Å². The molecule has 0 saturated carbocycles. The Balaban J connectivity index is 2.28. The highest BCUT2D eigenvalue weighted by molar-refractivity contribution is 9.10. The summed E-state index contributed by atoms with van der Waals surface area (Å²) in [6, 6.07) is 0. The van der Waals surface area contributed by atoms with Crippen molar-refractivity contribution in [3.8, 4) is 0 Å². The van der Waals surface area contributed by atoms with Gasteiger partial charge < -0.3 is 5.32 Å². The number of nitrogens with zero attached hydrogens (tertiary/aromatic N) is 3. The first-order valence-corrected chi connectivity index (χ1v) is 6.03. The van der Waals surface area contributed by atoms with Crippen LogP contribution in [0.25, 0.3) is 5.65 Å². The average Bonchev–Trinajstić information content (AvgIpc) is 2.61. The van der Waals surface area contributed by atoms with Crippen LogP contribution in [0.3, 0.4) is 0 Å². The number of nitrogens with one attached hydrogen (secondary N) is 1. The topological polar surface area (TPSA) is 59.3 Å². The second-order valence-corrected chi connectivity index (χ2v) is 4.48. The molecular formula is C9H9BrN4OS. The van der Waals surface area contributed by atoms with Gasteiger partial charge in [0.15, 0.2) is 5.65 Å². The minimum absolute atomic E-state index is 0.0883. The fourth-order valence-electron chi connectivity index (χ4n) is 1.25. The number of carbonyl (C=O) groups excluding carboxylic acids is 1. The Kier molecular flexibility index (Phi) is 3.45. The van der Waals surface area contributed by atoms with E-state index < -0.39 is 0 Å². The molecule has 1 N–H and O–H groups in total. The van der Waals surface area contributed by atoms with Gasteiger partial charge in [-0.25, -0.2) is 9.50 Å². The van der Waals surface area contributed by atoms with Crippen LogP contribution >= 0.6 is 28.6 Å². The molecule has 7 heteroatoms. The summed E-state index contributed by atoms with van der Waals surface area (Å²) in [5.41, 5.74) is 1.23. The van der Waals surface area contributed by atoms with E-state index in [1.807, 2.05) is 0 Å². The number of fused-ring (bicyclic) bond motifs is 1. The third kappa shape index (κ3) is 2.35. The summed E-state index contributed by atoms with van der Waals surface area (Å²) < 4.78 is 2.43. The van der Waals surface area contributed by atoms with Gasteiger partial charge in [0.25, 0.3) is 0 Å². The Morgan fingerprint density at radius 3 is 3.12 bits per heavy atom. The number of hydrogen-bond donors (Lipinski definition) is 2. The van der Waals surface area contributed by atoms with Crippen molar-refractivity contribution in [3.05, 3.63) is 23.1 Å². The average molecular weight is 301 g/mol.